The van der Waals surface area contributed by atoms with Gasteiger partial charge in [0.1, 0.15) is 24.5 Å². The van der Waals surface area contributed by atoms with Crippen molar-refractivity contribution in [3.05, 3.63) is 112 Å². The number of nitrogens with two attached hydrogens (primary N) is 1. The summed E-state index contributed by atoms with van der Waals surface area (Å²) in [6, 6.07) is 14.5. The molecule has 14 nitrogen and oxygen atoms in total. The van der Waals surface area contributed by atoms with Crippen molar-refractivity contribution in [2.45, 2.75) is 49.3 Å². The van der Waals surface area contributed by atoms with Crippen molar-refractivity contribution in [2.75, 3.05) is 6.61 Å². The molecule has 3 amide bonds. The van der Waals surface area contributed by atoms with Gasteiger partial charge in [-0.1, -0.05) is 84.4 Å². The number of nitrogens with one attached hydrogen (secondary N) is 5. The lowest BCUT2D eigenvalue weighted by atomic mass is 10.0. The first kappa shape index (κ1) is 39.5. The third-order valence-electron chi connectivity index (χ3n) is 7.00. The number of alkyl carbamates (subject to hydrolysis) is 1. The molecular formula is C33H36Cl2N6O8S. The van der Waals surface area contributed by atoms with Crippen LogP contribution in [0.1, 0.15) is 35.1 Å². The monoisotopic (exact) mass is 746 g/mol. The van der Waals surface area contributed by atoms with E-state index in [0.29, 0.717) is 22.3 Å². The minimum atomic E-state index is -3.95. The van der Waals surface area contributed by atoms with Gasteiger partial charge < -0.3 is 31.5 Å². The number of carboxylic acid groups (broad SMARTS) is 1. The lowest BCUT2D eigenvalue weighted by Gasteiger charge is -2.23. The van der Waals surface area contributed by atoms with Crippen LogP contribution in [-0.4, -0.2) is 61.9 Å². The van der Waals surface area contributed by atoms with E-state index in [0.717, 1.165) is 0 Å². The highest BCUT2D eigenvalue weighted by molar-refractivity contribution is 7.89. The number of halogens is 2. The lowest BCUT2D eigenvalue weighted by molar-refractivity contribution is -0.138. The Morgan fingerprint density at radius 3 is 2.14 bits per heavy atom. The Bertz CT molecular complexity index is 1820. The Labute approximate surface area is 298 Å². The van der Waals surface area contributed by atoms with Crippen LogP contribution < -0.4 is 26.4 Å². The van der Waals surface area contributed by atoms with Gasteiger partial charge in [0, 0.05) is 41.5 Å². The second-order valence-electron chi connectivity index (χ2n) is 10.9. The van der Waals surface area contributed by atoms with Crippen LogP contribution in [0.5, 0.6) is 0 Å². The van der Waals surface area contributed by atoms with E-state index in [2.05, 4.69) is 27.3 Å². The molecule has 0 unspecified atom stereocenters. The topological polar surface area (TPSA) is 230 Å². The summed E-state index contributed by atoms with van der Waals surface area (Å²) in [6.07, 6.45) is -0.328. The average Bonchev–Trinajstić information content (AvgIpc) is 3.06. The molecule has 0 aliphatic rings. The number of carbonyl (C=O) groups excluding carboxylic acids is 3. The Hall–Kier alpha value is -4.96. The van der Waals surface area contributed by atoms with E-state index < -0.39 is 52.4 Å². The summed E-state index contributed by atoms with van der Waals surface area (Å²) in [7, 11) is -3.95. The standard InChI is InChI=1S/C33H36Cl2N6O8S/c1-2-12-49-33(46)41-28(14-20-6-8-23(9-7-20)30(36)37)32(45)40-27(10-11-29(42)43)31(44)38-18-21-4-3-5-22(13-21)19-39-50(47,48)26-16-24(34)15-25(35)17-26/h2-9,13,15-17,27-28,39H,1,10-12,14,18-19H2,(H3,36,37)(H,38,44)(H,40,45)(H,41,46)(H,42,43)/t27-,28-/m0/s1. The number of carbonyl (C=O) groups is 4. The molecule has 0 saturated carbocycles. The predicted molar refractivity (Wildman–Crippen MR) is 187 cm³/mol. The highest BCUT2D eigenvalue weighted by Crippen LogP contribution is 2.22. The van der Waals surface area contributed by atoms with Crippen molar-refractivity contribution in [1.29, 1.82) is 5.41 Å². The summed E-state index contributed by atoms with van der Waals surface area (Å²) >= 11 is 11.9. The van der Waals surface area contributed by atoms with Crippen LogP contribution in [0.25, 0.3) is 0 Å². The molecule has 0 fully saturated rings. The number of amidine groups is 1. The molecule has 3 aromatic carbocycles. The number of ether oxygens (including phenoxy) is 1. The van der Waals surface area contributed by atoms with Crippen LogP contribution >= 0.6 is 23.2 Å². The van der Waals surface area contributed by atoms with Crippen molar-refractivity contribution in [3.63, 3.8) is 0 Å². The van der Waals surface area contributed by atoms with Crippen molar-refractivity contribution in [3.8, 4) is 0 Å². The third kappa shape index (κ3) is 12.8. The van der Waals surface area contributed by atoms with E-state index in [1.54, 1.807) is 48.5 Å². The lowest BCUT2D eigenvalue weighted by Crippen LogP contribution is -2.54. The number of rotatable bonds is 18. The fourth-order valence-electron chi connectivity index (χ4n) is 4.50. The summed E-state index contributed by atoms with van der Waals surface area (Å²) in [6.45, 7) is 3.21. The molecule has 0 bridgehead atoms. The second kappa shape index (κ2) is 18.7. The molecule has 0 aliphatic heterocycles. The van der Waals surface area contributed by atoms with Crippen LogP contribution in [-0.2, 0) is 48.7 Å². The van der Waals surface area contributed by atoms with Gasteiger partial charge in [0.05, 0.1) is 4.90 Å². The summed E-state index contributed by atoms with van der Waals surface area (Å²) in [5.41, 5.74) is 7.70. The first-order chi connectivity index (χ1) is 23.7. The zero-order valence-electron chi connectivity index (χ0n) is 26.6. The highest BCUT2D eigenvalue weighted by Gasteiger charge is 2.28. The van der Waals surface area contributed by atoms with E-state index in [-0.39, 0.29) is 53.3 Å². The second-order valence-corrected chi connectivity index (χ2v) is 13.5. The van der Waals surface area contributed by atoms with E-state index in [1.807, 2.05) is 0 Å². The maximum atomic E-state index is 13.4. The van der Waals surface area contributed by atoms with Crippen LogP contribution in [0.3, 0.4) is 0 Å². The van der Waals surface area contributed by atoms with Crippen molar-refractivity contribution in [1.82, 2.24) is 20.7 Å². The molecule has 2 atom stereocenters. The molecule has 0 spiro atoms. The normalized spacial score (nSPS) is 12.2. The van der Waals surface area contributed by atoms with Gasteiger partial charge in [0.15, 0.2) is 0 Å². The van der Waals surface area contributed by atoms with E-state index in [1.165, 1.54) is 24.3 Å². The maximum Gasteiger partial charge on any atom is 0.408 e. The number of aliphatic carboxylic acids is 1. The number of hydrogen-bond acceptors (Lipinski definition) is 8. The van der Waals surface area contributed by atoms with Crippen LogP contribution in [0.4, 0.5) is 4.79 Å². The molecule has 3 aromatic rings. The maximum absolute atomic E-state index is 13.4. The smallest absolute Gasteiger partial charge is 0.408 e. The van der Waals surface area contributed by atoms with Crippen molar-refractivity contribution >= 4 is 62.9 Å². The number of sulfonamides is 1. The summed E-state index contributed by atoms with van der Waals surface area (Å²) < 4.78 is 33.0. The zero-order valence-corrected chi connectivity index (χ0v) is 28.9. The van der Waals surface area contributed by atoms with Gasteiger partial charge >= 0.3 is 12.1 Å². The highest BCUT2D eigenvalue weighted by atomic mass is 35.5. The molecule has 50 heavy (non-hydrogen) atoms. The minimum absolute atomic E-state index is 0.0403. The average molecular weight is 748 g/mol. The Morgan fingerprint density at radius 1 is 0.900 bits per heavy atom. The molecule has 3 rings (SSSR count). The molecule has 0 aliphatic carbocycles. The largest absolute Gasteiger partial charge is 0.481 e. The Morgan fingerprint density at radius 2 is 1.54 bits per heavy atom. The Balaban J connectivity index is 1.70. The van der Waals surface area contributed by atoms with Gasteiger partial charge in [-0.05, 0) is 41.3 Å². The third-order valence-corrected chi connectivity index (χ3v) is 8.81. The van der Waals surface area contributed by atoms with E-state index >= 15 is 0 Å². The Kier molecular flexibility index (Phi) is 14.8. The predicted octanol–water partition coefficient (Wildman–Crippen LogP) is 3.25. The van der Waals surface area contributed by atoms with Crippen LogP contribution in [0, 0.1) is 5.41 Å². The van der Waals surface area contributed by atoms with Gasteiger partial charge in [-0.2, -0.15) is 0 Å². The fraction of sp³-hybridized carbons (Fsp3) is 0.242. The molecular weight excluding hydrogens is 711 g/mol. The van der Waals surface area contributed by atoms with Gasteiger partial charge in [-0.3, -0.25) is 19.8 Å². The molecule has 0 heterocycles. The molecule has 8 N–H and O–H groups in total. The number of nitrogen functional groups attached to an aromatic ring is 1. The minimum Gasteiger partial charge on any atom is -0.481 e. The summed E-state index contributed by atoms with van der Waals surface area (Å²) in [5.74, 6) is -2.82. The van der Waals surface area contributed by atoms with E-state index in [4.69, 9.17) is 39.1 Å². The molecule has 17 heteroatoms. The van der Waals surface area contributed by atoms with Crippen LogP contribution in [0.2, 0.25) is 10.0 Å². The zero-order chi connectivity index (χ0) is 36.8. The van der Waals surface area contributed by atoms with Crippen LogP contribution in [0.15, 0.2) is 84.3 Å². The summed E-state index contributed by atoms with van der Waals surface area (Å²) in [4.78, 5) is 50.4. The van der Waals surface area contributed by atoms with Gasteiger partial charge in [0.25, 0.3) is 0 Å². The van der Waals surface area contributed by atoms with Gasteiger partial charge in [-0.25, -0.2) is 17.9 Å². The number of hydrogen-bond donors (Lipinski definition) is 7. The SMILES string of the molecule is C=CCOC(=O)N[C@@H](Cc1ccc(C(=N)N)cc1)C(=O)N[C@@H](CCC(=O)O)C(=O)NCc1cccc(CNS(=O)(=O)c2cc(Cl)cc(Cl)c2)c1. The van der Waals surface area contributed by atoms with Crippen molar-refractivity contribution < 1.29 is 37.4 Å². The number of benzene rings is 3. The molecule has 0 aromatic heterocycles. The molecule has 0 radical (unpaired) electrons. The quantitative estimate of drug-likeness (QED) is 0.0575. The summed E-state index contributed by atoms with van der Waals surface area (Å²) in [5, 5.41) is 24.8. The number of amides is 3. The molecule has 0 saturated heterocycles. The van der Waals surface area contributed by atoms with E-state index in [9.17, 15) is 32.7 Å². The first-order valence-electron chi connectivity index (χ1n) is 15.0. The molecule has 266 valence electrons. The van der Waals surface area contributed by atoms with Crippen molar-refractivity contribution in [2.24, 2.45) is 5.73 Å². The number of carboxylic acids is 1. The fourth-order valence-corrected chi connectivity index (χ4v) is 6.24. The first-order valence-corrected chi connectivity index (χ1v) is 17.2. The van der Waals surface area contributed by atoms with Gasteiger partial charge in [-0.15, -0.1) is 0 Å². The van der Waals surface area contributed by atoms with Gasteiger partial charge in [0.2, 0.25) is 21.8 Å².